The fourth-order valence-corrected chi connectivity index (χ4v) is 2.48. The van der Waals surface area contributed by atoms with Gasteiger partial charge in [-0.05, 0) is 38.5 Å². The molecule has 1 amide bonds. The van der Waals surface area contributed by atoms with Crippen LogP contribution >= 0.6 is 0 Å². The third-order valence-electron chi connectivity index (χ3n) is 3.32. The van der Waals surface area contributed by atoms with Gasteiger partial charge in [-0.25, -0.2) is 22.8 Å². The zero-order chi connectivity index (χ0) is 17.4. The van der Waals surface area contributed by atoms with Crippen molar-refractivity contribution in [2.75, 3.05) is 6.54 Å². The molecule has 1 saturated heterocycles. The third-order valence-corrected chi connectivity index (χ3v) is 3.32. The molecule has 1 unspecified atom stereocenters. The Morgan fingerprint density at radius 3 is 2.61 bits per heavy atom. The van der Waals surface area contributed by atoms with Gasteiger partial charge in [-0.2, -0.15) is 0 Å². The van der Waals surface area contributed by atoms with Crippen molar-refractivity contribution in [3.8, 4) is 0 Å². The largest absolute Gasteiger partial charge is 0.444 e. The number of halogens is 3. The molecule has 2 rings (SSSR count). The lowest BCUT2D eigenvalue weighted by Gasteiger charge is -2.28. The first-order valence-corrected chi connectivity index (χ1v) is 7.06. The van der Waals surface area contributed by atoms with Crippen LogP contribution in [-0.4, -0.2) is 29.1 Å². The maximum atomic E-state index is 13.8. The fourth-order valence-electron chi connectivity index (χ4n) is 2.48. The molecule has 0 N–H and O–H groups in total. The molecule has 0 bridgehead atoms. The molecular weight excluding hydrogens is 309 g/mol. The summed E-state index contributed by atoms with van der Waals surface area (Å²) in [6, 6.07) is 2.37. The van der Waals surface area contributed by atoms with Crippen LogP contribution in [0, 0.1) is 12.4 Å². The lowest BCUT2D eigenvalue weighted by molar-refractivity contribution is -0.00243. The number of ether oxygens (including phenoxy) is 1. The van der Waals surface area contributed by atoms with E-state index in [9.17, 15) is 18.0 Å². The SMILES string of the molecule is [C-]#[N+]c1cc(F)cc(C2CC(F)(F)CN2C(=O)OC(C)(C)C)c1. The number of rotatable bonds is 1. The van der Waals surface area contributed by atoms with Gasteiger partial charge in [-0.15, -0.1) is 0 Å². The molecule has 23 heavy (non-hydrogen) atoms. The fraction of sp³-hybridized carbons (Fsp3) is 0.500. The summed E-state index contributed by atoms with van der Waals surface area (Å²) in [5, 5.41) is 0. The molecule has 0 spiro atoms. The van der Waals surface area contributed by atoms with Crippen molar-refractivity contribution in [1.82, 2.24) is 4.90 Å². The molecule has 0 aromatic heterocycles. The van der Waals surface area contributed by atoms with Gasteiger partial charge in [0.25, 0.3) is 5.92 Å². The van der Waals surface area contributed by atoms with Crippen LogP contribution in [0.4, 0.5) is 23.7 Å². The summed E-state index contributed by atoms with van der Waals surface area (Å²) in [6.07, 6.45) is -1.51. The second-order valence-corrected chi connectivity index (χ2v) is 6.54. The molecule has 1 atom stereocenters. The number of carbonyl (C=O) groups is 1. The second kappa shape index (κ2) is 5.76. The number of nitrogens with zero attached hydrogens (tertiary/aromatic N) is 2. The number of hydrogen-bond acceptors (Lipinski definition) is 2. The number of hydrogen-bond donors (Lipinski definition) is 0. The highest BCUT2D eigenvalue weighted by atomic mass is 19.3. The Kier molecular flexibility index (Phi) is 4.29. The van der Waals surface area contributed by atoms with Crippen molar-refractivity contribution in [1.29, 1.82) is 0 Å². The van der Waals surface area contributed by atoms with Crippen molar-refractivity contribution in [3.63, 3.8) is 0 Å². The average molecular weight is 326 g/mol. The lowest BCUT2D eigenvalue weighted by atomic mass is 10.0. The van der Waals surface area contributed by atoms with Gasteiger partial charge in [0.05, 0.1) is 19.2 Å². The van der Waals surface area contributed by atoms with Gasteiger partial charge in [0.15, 0.2) is 5.69 Å². The molecule has 0 aliphatic carbocycles. The predicted molar refractivity (Wildman–Crippen MR) is 77.9 cm³/mol. The van der Waals surface area contributed by atoms with Gasteiger partial charge < -0.3 is 4.74 Å². The third kappa shape index (κ3) is 4.15. The minimum atomic E-state index is -3.09. The number of amides is 1. The van der Waals surface area contributed by atoms with E-state index in [4.69, 9.17) is 11.3 Å². The predicted octanol–water partition coefficient (Wildman–Crippen LogP) is 4.69. The molecular formula is C16H17F3N2O2. The first-order chi connectivity index (χ1) is 10.5. The summed E-state index contributed by atoms with van der Waals surface area (Å²) >= 11 is 0. The summed E-state index contributed by atoms with van der Waals surface area (Å²) in [6.45, 7) is 11.0. The van der Waals surface area contributed by atoms with Crippen LogP contribution in [-0.2, 0) is 4.74 Å². The molecule has 1 aromatic rings. The van der Waals surface area contributed by atoms with E-state index < -0.39 is 42.4 Å². The van der Waals surface area contributed by atoms with Gasteiger partial charge in [0.2, 0.25) is 0 Å². The molecule has 4 nitrogen and oxygen atoms in total. The maximum absolute atomic E-state index is 13.8. The van der Waals surface area contributed by atoms with Crippen molar-refractivity contribution in [2.45, 2.75) is 44.8 Å². The molecule has 1 fully saturated rings. The summed E-state index contributed by atoms with van der Waals surface area (Å²) in [4.78, 5) is 16.2. The molecule has 1 aliphatic rings. The zero-order valence-electron chi connectivity index (χ0n) is 13.1. The van der Waals surface area contributed by atoms with Crippen LogP contribution < -0.4 is 0 Å². The standard InChI is InChI=1S/C16H17F3N2O2/c1-15(2,3)23-14(22)21-9-16(18,19)8-13(21)10-5-11(17)7-12(6-10)20-4/h5-7,13H,8-9H2,1-3H3. The maximum Gasteiger partial charge on any atom is 0.411 e. The van der Waals surface area contributed by atoms with Crippen LogP contribution in [0.1, 0.15) is 38.8 Å². The summed E-state index contributed by atoms with van der Waals surface area (Å²) in [7, 11) is 0. The Bertz CT molecular complexity index is 662. The van der Waals surface area contributed by atoms with E-state index in [-0.39, 0.29) is 11.3 Å². The lowest BCUT2D eigenvalue weighted by Crippen LogP contribution is -2.37. The van der Waals surface area contributed by atoms with E-state index in [1.807, 2.05) is 0 Å². The molecule has 0 radical (unpaired) electrons. The molecule has 1 aliphatic heterocycles. The van der Waals surface area contributed by atoms with E-state index >= 15 is 0 Å². The molecule has 124 valence electrons. The van der Waals surface area contributed by atoms with Crippen molar-refractivity contribution in [2.24, 2.45) is 0 Å². The molecule has 0 saturated carbocycles. The minimum Gasteiger partial charge on any atom is -0.444 e. The normalized spacial score (nSPS) is 20.2. The van der Waals surface area contributed by atoms with Gasteiger partial charge in [0, 0.05) is 6.42 Å². The topological polar surface area (TPSA) is 33.9 Å². The number of benzene rings is 1. The van der Waals surface area contributed by atoms with Crippen molar-refractivity contribution in [3.05, 3.63) is 41.0 Å². The highest BCUT2D eigenvalue weighted by Gasteiger charge is 2.48. The number of alkyl halides is 2. The van der Waals surface area contributed by atoms with Crippen molar-refractivity contribution < 1.29 is 22.7 Å². The first-order valence-electron chi connectivity index (χ1n) is 7.06. The summed E-state index contributed by atoms with van der Waals surface area (Å²) < 4.78 is 46.4. The monoisotopic (exact) mass is 326 g/mol. The van der Waals surface area contributed by atoms with E-state index in [0.717, 1.165) is 17.0 Å². The van der Waals surface area contributed by atoms with Crippen LogP contribution in [0.2, 0.25) is 0 Å². The van der Waals surface area contributed by atoms with Crippen molar-refractivity contribution >= 4 is 11.8 Å². The molecule has 7 heteroatoms. The second-order valence-electron chi connectivity index (χ2n) is 6.54. The number of carbonyl (C=O) groups excluding carboxylic acids is 1. The van der Waals surface area contributed by atoms with E-state index in [1.165, 1.54) is 6.07 Å². The van der Waals surface area contributed by atoms with E-state index in [2.05, 4.69) is 4.85 Å². The van der Waals surface area contributed by atoms with Crippen LogP contribution in [0.5, 0.6) is 0 Å². The molecule has 1 aromatic carbocycles. The van der Waals surface area contributed by atoms with E-state index in [0.29, 0.717) is 0 Å². The Morgan fingerprint density at radius 2 is 2.04 bits per heavy atom. The summed E-state index contributed by atoms with van der Waals surface area (Å²) in [5.74, 6) is -3.79. The Balaban J connectivity index is 2.36. The summed E-state index contributed by atoms with van der Waals surface area (Å²) in [5.41, 5.74) is -0.665. The quantitative estimate of drug-likeness (QED) is 0.701. The molecule has 1 heterocycles. The Labute approximate surface area is 132 Å². The van der Waals surface area contributed by atoms with Crippen LogP contribution in [0.3, 0.4) is 0 Å². The number of likely N-dealkylation sites (tertiary alicyclic amines) is 1. The van der Waals surface area contributed by atoms with Gasteiger partial charge in [-0.1, -0.05) is 6.07 Å². The highest BCUT2D eigenvalue weighted by Crippen LogP contribution is 2.42. The van der Waals surface area contributed by atoms with Crippen LogP contribution in [0.25, 0.3) is 4.85 Å². The smallest absolute Gasteiger partial charge is 0.411 e. The van der Waals surface area contributed by atoms with Gasteiger partial charge in [0.1, 0.15) is 11.4 Å². The van der Waals surface area contributed by atoms with Gasteiger partial charge in [-0.3, -0.25) is 4.90 Å². The Morgan fingerprint density at radius 1 is 1.39 bits per heavy atom. The highest BCUT2D eigenvalue weighted by molar-refractivity contribution is 5.69. The van der Waals surface area contributed by atoms with Crippen LogP contribution in [0.15, 0.2) is 18.2 Å². The zero-order valence-corrected chi connectivity index (χ0v) is 13.1. The first kappa shape index (κ1) is 17.1. The minimum absolute atomic E-state index is 0.000597. The van der Waals surface area contributed by atoms with E-state index in [1.54, 1.807) is 20.8 Å². The Hall–Kier alpha value is -2.23. The average Bonchev–Trinajstić information content (AvgIpc) is 2.72. The van der Waals surface area contributed by atoms with Gasteiger partial charge >= 0.3 is 6.09 Å².